The lowest BCUT2D eigenvalue weighted by Crippen LogP contribution is -2.11. The molecule has 0 bridgehead atoms. The average molecular weight is 731 g/mol. The van der Waals surface area contributed by atoms with Crippen molar-refractivity contribution in [3.63, 3.8) is 0 Å². The van der Waals surface area contributed by atoms with Gasteiger partial charge in [0, 0.05) is 102 Å². The van der Waals surface area contributed by atoms with Crippen LogP contribution >= 0.6 is 168 Å². The van der Waals surface area contributed by atoms with Gasteiger partial charge in [0.05, 0.1) is 0 Å². The van der Waals surface area contributed by atoms with Gasteiger partial charge in [0.1, 0.15) is 0 Å². The second-order valence-electron chi connectivity index (χ2n) is 6.97. The molecule has 0 aromatic carbocycles. The minimum Gasteiger partial charge on any atom is -0.179 e. The third-order valence-electron chi connectivity index (χ3n) is 3.87. The van der Waals surface area contributed by atoms with Crippen LogP contribution in [0.15, 0.2) is 0 Å². The van der Waals surface area contributed by atoms with E-state index in [0.29, 0.717) is 21.0 Å². The highest BCUT2D eigenvalue weighted by Gasteiger charge is 2.10. The van der Waals surface area contributed by atoms with Gasteiger partial charge in [-0.15, -0.1) is 0 Å². The van der Waals surface area contributed by atoms with E-state index >= 15 is 0 Å². The SMILES string of the molecule is SCCSC(CS)CSCCSCC(S)CSSCC(S)CSCCSCC(CS)SCCS. The van der Waals surface area contributed by atoms with Crippen LogP contribution in [0.25, 0.3) is 0 Å². The Morgan fingerprint density at radius 1 is 0.441 bits per heavy atom. The van der Waals surface area contributed by atoms with Gasteiger partial charge in [-0.1, -0.05) is 21.6 Å². The molecule has 0 radical (unpaired) electrons. The minimum atomic E-state index is 0.473. The molecule has 14 heteroatoms. The Bertz CT molecular complexity index is 369. The van der Waals surface area contributed by atoms with Crippen LogP contribution < -0.4 is 0 Å². The molecule has 0 amide bonds. The van der Waals surface area contributed by atoms with Crippen molar-refractivity contribution in [2.24, 2.45) is 0 Å². The van der Waals surface area contributed by atoms with Crippen molar-refractivity contribution >= 4 is 168 Å². The van der Waals surface area contributed by atoms with Gasteiger partial charge in [-0.05, 0) is 11.5 Å². The highest BCUT2D eigenvalue weighted by Crippen LogP contribution is 2.28. The van der Waals surface area contributed by atoms with Gasteiger partial charge < -0.3 is 0 Å². The van der Waals surface area contributed by atoms with E-state index in [0.717, 1.165) is 57.5 Å². The summed E-state index contributed by atoms with van der Waals surface area (Å²) in [6.45, 7) is 0. The van der Waals surface area contributed by atoms with Crippen molar-refractivity contribution in [2.75, 3.05) is 92.0 Å². The van der Waals surface area contributed by atoms with Crippen LogP contribution in [0, 0.1) is 0 Å². The molecular formula is C20H42S14. The molecule has 0 aliphatic carbocycles. The monoisotopic (exact) mass is 730 g/mol. The Morgan fingerprint density at radius 3 is 1.12 bits per heavy atom. The summed E-state index contributed by atoms with van der Waals surface area (Å²) >= 11 is 39.3. The van der Waals surface area contributed by atoms with E-state index in [-0.39, 0.29) is 0 Å². The zero-order chi connectivity index (χ0) is 25.3. The van der Waals surface area contributed by atoms with Crippen LogP contribution in [-0.2, 0) is 0 Å². The van der Waals surface area contributed by atoms with Gasteiger partial charge in [-0.3, -0.25) is 0 Å². The molecule has 34 heavy (non-hydrogen) atoms. The van der Waals surface area contributed by atoms with Gasteiger partial charge in [0.2, 0.25) is 0 Å². The fourth-order valence-corrected chi connectivity index (χ4v) is 14.9. The standard InChI is InChI=1S/C20H42S14/c21-1-3-31-19(9-23)15-29-7-5-27-11-17(25)13-33-34-14-18(26)12-28-6-8-30-16-20(10-24)32-4-2-22/h17-26H,1-16H2. The molecule has 206 valence electrons. The molecule has 0 spiro atoms. The lowest BCUT2D eigenvalue weighted by molar-refractivity contribution is 1.15. The molecule has 0 rings (SSSR count). The predicted octanol–water partition coefficient (Wildman–Crippen LogP) is 7.82. The Kier molecular flexibility index (Phi) is 35.3. The number of thioether (sulfide) groups is 6. The first-order chi connectivity index (χ1) is 16.6. The molecule has 0 saturated heterocycles. The van der Waals surface area contributed by atoms with Crippen molar-refractivity contribution in [1.82, 2.24) is 0 Å². The highest BCUT2D eigenvalue weighted by atomic mass is 33.1. The Morgan fingerprint density at radius 2 is 0.794 bits per heavy atom. The maximum Gasteiger partial charge on any atom is 0.0226 e. The van der Waals surface area contributed by atoms with Crippen molar-refractivity contribution < 1.29 is 0 Å². The Balaban J connectivity index is 3.50. The van der Waals surface area contributed by atoms with Crippen LogP contribution in [0.1, 0.15) is 0 Å². The Hall–Kier alpha value is 4.90. The van der Waals surface area contributed by atoms with Crippen LogP contribution in [0.3, 0.4) is 0 Å². The quantitative estimate of drug-likeness (QED) is 0.0284. The number of hydrogen-bond donors (Lipinski definition) is 6. The first kappa shape index (κ1) is 38.9. The summed E-state index contributed by atoms with van der Waals surface area (Å²) in [6, 6.07) is 0. The molecule has 0 fully saturated rings. The molecule has 4 unspecified atom stereocenters. The molecule has 0 nitrogen and oxygen atoms in total. The summed E-state index contributed by atoms with van der Waals surface area (Å²) in [5.41, 5.74) is 0. The fourth-order valence-electron chi connectivity index (χ4n) is 2.20. The summed E-state index contributed by atoms with van der Waals surface area (Å²) in [6.07, 6.45) is 0. The first-order valence-electron chi connectivity index (χ1n) is 11.1. The summed E-state index contributed by atoms with van der Waals surface area (Å²) < 4.78 is 0. The van der Waals surface area contributed by atoms with Crippen molar-refractivity contribution in [3.05, 3.63) is 0 Å². The van der Waals surface area contributed by atoms with Crippen molar-refractivity contribution in [3.8, 4) is 0 Å². The van der Waals surface area contributed by atoms with Crippen LogP contribution in [0.2, 0.25) is 0 Å². The van der Waals surface area contributed by atoms with Gasteiger partial charge in [0.25, 0.3) is 0 Å². The third-order valence-corrected chi connectivity index (χ3v) is 18.5. The predicted molar refractivity (Wildman–Crippen MR) is 208 cm³/mol. The molecule has 0 aliphatic rings. The highest BCUT2D eigenvalue weighted by molar-refractivity contribution is 8.76. The van der Waals surface area contributed by atoms with Crippen LogP contribution in [0.4, 0.5) is 0 Å². The van der Waals surface area contributed by atoms with Gasteiger partial charge >= 0.3 is 0 Å². The van der Waals surface area contributed by atoms with E-state index in [4.69, 9.17) is 25.3 Å². The molecule has 0 heterocycles. The van der Waals surface area contributed by atoms with E-state index in [2.05, 4.69) is 74.0 Å². The van der Waals surface area contributed by atoms with E-state index in [1.165, 1.54) is 34.5 Å². The molecule has 4 atom stereocenters. The lowest BCUT2D eigenvalue weighted by atomic mass is 10.5. The number of thiol groups is 6. The number of hydrogen-bond acceptors (Lipinski definition) is 14. The third kappa shape index (κ3) is 27.1. The maximum atomic E-state index is 4.78. The van der Waals surface area contributed by atoms with E-state index in [9.17, 15) is 0 Å². The first-order valence-corrected chi connectivity index (χ1v) is 23.9. The number of rotatable bonds is 27. The van der Waals surface area contributed by atoms with E-state index < -0.39 is 0 Å². The van der Waals surface area contributed by atoms with Crippen molar-refractivity contribution in [2.45, 2.75) is 21.0 Å². The fraction of sp³-hybridized carbons (Fsp3) is 1.00. The Labute approximate surface area is 277 Å². The summed E-state index contributed by atoms with van der Waals surface area (Å²) in [5.74, 6) is 17.9. The van der Waals surface area contributed by atoms with E-state index in [1.54, 1.807) is 0 Å². The molecular weight excluding hydrogens is 689 g/mol. The zero-order valence-electron chi connectivity index (χ0n) is 19.6. The molecule has 0 aromatic heterocycles. The lowest BCUT2D eigenvalue weighted by Gasteiger charge is -2.14. The maximum absolute atomic E-state index is 4.78. The van der Waals surface area contributed by atoms with E-state index in [1.807, 2.05) is 68.6 Å². The topological polar surface area (TPSA) is 0 Å². The molecule has 0 N–H and O–H groups in total. The minimum absolute atomic E-state index is 0.473. The van der Waals surface area contributed by atoms with Crippen LogP contribution in [0.5, 0.6) is 0 Å². The molecule has 0 aromatic rings. The normalized spacial score (nSPS) is 15.4. The molecule has 0 saturated carbocycles. The molecule has 0 aliphatic heterocycles. The summed E-state index contributed by atoms with van der Waals surface area (Å²) in [4.78, 5) is 0. The van der Waals surface area contributed by atoms with Crippen molar-refractivity contribution in [1.29, 1.82) is 0 Å². The average Bonchev–Trinajstić information content (AvgIpc) is 2.84. The summed E-state index contributed by atoms with van der Waals surface area (Å²) in [7, 11) is 3.92. The van der Waals surface area contributed by atoms with Gasteiger partial charge in [-0.2, -0.15) is 146 Å². The van der Waals surface area contributed by atoms with Gasteiger partial charge in [0.15, 0.2) is 0 Å². The summed E-state index contributed by atoms with van der Waals surface area (Å²) in [5, 5.41) is 2.26. The van der Waals surface area contributed by atoms with Gasteiger partial charge in [-0.25, -0.2) is 0 Å². The largest absolute Gasteiger partial charge is 0.179 e. The zero-order valence-corrected chi connectivity index (χ0v) is 31.5. The smallest absolute Gasteiger partial charge is 0.0226 e. The second kappa shape index (κ2) is 30.8. The second-order valence-corrected chi connectivity index (χ2v) is 20.0. The van der Waals surface area contributed by atoms with Crippen LogP contribution in [-0.4, -0.2) is 113 Å².